The van der Waals surface area contributed by atoms with Gasteiger partial charge in [0.25, 0.3) is 0 Å². The van der Waals surface area contributed by atoms with Crippen LogP contribution in [-0.4, -0.2) is 29.5 Å². The number of alkyl carbamates (subject to hydrolysis) is 1. The van der Waals surface area contributed by atoms with E-state index >= 15 is 0 Å². The van der Waals surface area contributed by atoms with E-state index in [-0.39, 0.29) is 19.1 Å². The van der Waals surface area contributed by atoms with E-state index in [1.165, 1.54) is 0 Å². The molecule has 1 aliphatic carbocycles. The molecule has 7 heteroatoms. The van der Waals surface area contributed by atoms with Crippen molar-refractivity contribution in [2.75, 3.05) is 6.54 Å². The van der Waals surface area contributed by atoms with Crippen LogP contribution in [0.3, 0.4) is 0 Å². The fraction of sp³-hybridized carbons (Fsp3) is 0.500. The lowest BCUT2D eigenvalue weighted by molar-refractivity contribution is -0.298. The molecule has 116 valence electrons. The van der Waals surface area contributed by atoms with Gasteiger partial charge in [0, 0.05) is 6.54 Å². The largest absolute Gasteiger partial charge is 0.445 e. The number of benzene rings is 1. The average molecular weight is 303 g/mol. The normalized spacial score (nSPS) is 25.0. The highest BCUT2D eigenvalue weighted by Crippen LogP contribution is 2.48. The Kier molecular flexibility index (Phi) is 4.41. The lowest BCUT2D eigenvalue weighted by Crippen LogP contribution is -2.57. The second kappa shape index (κ2) is 5.93. The first-order valence-electron chi connectivity index (χ1n) is 6.54. The summed E-state index contributed by atoms with van der Waals surface area (Å²) < 4.78 is 42.1. The second-order valence-electron chi connectivity index (χ2n) is 5.25. The van der Waals surface area contributed by atoms with Crippen molar-refractivity contribution >= 4 is 6.09 Å². The van der Waals surface area contributed by atoms with Crippen molar-refractivity contribution < 1.29 is 27.8 Å². The van der Waals surface area contributed by atoms with Crippen molar-refractivity contribution in [3.63, 3.8) is 0 Å². The number of halogens is 3. The van der Waals surface area contributed by atoms with E-state index in [0.29, 0.717) is 0 Å². The van der Waals surface area contributed by atoms with Gasteiger partial charge in [0.15, 0.2) is 5.60 Å². The zero-order valence-corrected chi connectivity index (χ0v) is 11.2. The van der Waals surface area contributed by atoms with Crippen LogP contribution >= 0.6 is 0 Å². The van der Waals surface area contributed by atoms with Crippen molar-refractivity contribution in [2.45, 2.75) is 31.2 Å². The predicted molar refractivity (Wildman–Crippen MR) is 68.4 cm³/mol. The molecule has 0 spiro atoms. The van der Waals surface area contributed by atoms with Crippen LogP contribution in [0.2, 0.25) is 0 Å². The van der Waals surface area contributed by atoms with Crippen molar-refractivity contribution in [1.29, 1.82) is 0 Å². The third kappa shape index (κ3) is 3.87. The molecule has 21 heavy (non-hydrogen) atoms. The molecule has 0 saturated heterocycles. The Hall–Kier alpha value is -1.76. The molecule has 0 radical (unpaired) electrons. The molecular formula is C14H16F3NO3. The summed E-state index contributed by atoms with van der Waals surface area (Å²) in [5.74, 6) is -0.388. The van der Waals surface area contributed by atoms with Crippen LogP contribution in [0.5, 0.6) is 0 Å². The maximum absolute atomic E-state index is 12.4. The molecule has 0 bridgehead atoms. The quantitative estimate of drug-likeness (QED) is 0.899. The standard InChI is InChI=1S/C14H16F3NO3/c15-14(16,17)13(20)6-11(7-13)8-18-12(19)21-9-10-4-2-1-3-5-10/h1-5,11,20H,6-9H2,(H,18,19). The van der Waals surface area contributed by atoms with Crippen LogP contribution in [0.25, 0.3) is 0 Å². The van der Waals surface area contributed by atoms with Gasteiger partial charge in [-0.2, -0.15) is 13.2 Å². The van der Waals surface area contributed by atoms with Gasteiger partial charge in [-0.05, 0) is 24.3 Å². The number of alkyl halides is 3. The van der Waals surface area contributed by atoms with E-state index in [2.05, 4.69) is 5.32 Å². The Labute approximate surface area is 119 Å². The highest BCUT2D eigenvalue weighted by Gasteiger charge is 2.60. The van der Waals surface area contributed by atoms with Crippen molar-refractivity contribution in [2.24, 2.45) is 5.92 Å². The van der Waals surface area contributed by atoms with Gasteiger partial charge < -0.3 is 15.2 Å². The summed E-state index contributed by atoms with van der Waals surface area (Å²) in [6.07, 6.45) is -6.08. The molecule has 0 aromatic heterocycles. The van der Waals surface area contributed by atoms with Gasteiger partial charge in [-0.15, -0.1) is 0 Å². The number of carbonyl (C=O) groups is 1. The molecule has 4 nitrogen and oxygen atoms in total. The monoisotopic (exact) mass is 303 g/mol. The van der Waals surface area contributed by atoms with E-state index in [9.17, 15) is 23.1 Å². The van der Waals surface area contributed by atoms with Crippen molar-refractivity contribution in [1.82, 2.24) is 5.32 Å². The summed E-state index contributed by atoms with van der Waals surface area (Å²) in [7, 11) is 0. The van der Waals surface area contributed by atoms with E-state index in [1.54, 1.807) is 12.1 Å². The summed E-state index contributed by atoms with van der Waals surface area (Å²) in [4.78, 5) is 11.4. The molecule has 1 saturated carbocycles. The fourth-order valence-electron chi connectivity index (χ4n) is 2.27. The Bertz CT molecular complexity index is 484. The van der Waals surface area contributed by atoms with Crippen LogP contribution < -0.4 is 5.32 Å². The molecule has 1 aliphatic rings. The summed E-state index contributed by atoms with van der Waals surface area (Å²) in [5.41, 5.74) is -1.78. The van der Waals surface area contributed by atoms with Crippen LogP contribution in [0, 0.1) is 5.92 Å². The predicted octanol–water partition coefficient (Wildman–Crippen LogP) is 2.62. The smallest absolute Gasteiger partial charge is 0.417 e. The minimum atomic E-state index is -4.61. The Morgan fingerprint density at radius 3 is 2.52 bits per heavy atom. The number of amides is 1. The molecule has 2 rings (SSSR count). The zero-order valence-electron chi connectivity index (χ0n) is 11.2. The van der Waals surface area contributed by atoms with E-state index < -0.39 is 30.7 Å². The van der Waals surface area contributed by atoms with Gasteiger partial charge >= 0.3 is 12.3 Å². The Morgan fingerprint density at radius 1 is 1.33 bits per heavy atom. The van der Waals surface area contributed by atoms with Gasteiger partial charge in [0.05, 0.1) is 0 Å². The molecule has 0 unspecified atom stereocenters. The average Bonchev–Trinajstić information content (AvgIpc) is 2.40. The number of aliphatic hydroxyl groups is 1. The first kappa shape index (κ1) is 15.6. The molecule has 0 atom stereocenters. The third-order valence-electron chi connectivity index (χ3n) is 3.53. The zero-order chi connectivity index (χ0) is 15.5. The first-order chi connectivity index (χ1) is 9.80. The molecule has 1 aromatic carbocycles. The Morgan fingerprint density at radius 2 is 1.95 bits per heavy atom. The van der Waals surface area contributed by atoms with Gasteiger partial charge in [0.2, 0.25) is 0 Å². The fourth-order valence-corrected chi connectivity index (χ4v) is 2.27. The SMILES string of the molecule is O=C(NCC1CC(O)(C(F)(F)F)C1)OCc1ccccc1. The maximum Gasteiger partial charge on any atom is 0.417 e. The minimum Gasteiger partial charge on any atom is -0.445 e. The number of hydrogen-bond acceptors (Lipinski definition) is 3. The lowest BCUT2D eigenvalue weighted by atomic mass is 9.70. The summed E-state index contributed by atoms with van der Waals surface area (Å²) in [5, 5.41) is 11.7. The molecule has 1 amide bonds. The van der Waals surface area contributed by atoms with Crippen LogP contribution in [-0.2, 0) is 11.3 Å². The summed E-state index contributed by atoms with van der Waals surface area (Å²) in [6.45, 7) is 0.163. The molecular weight excluding hydrogens is 287 g/mol. The number of hydrogen-bond donors (Lipinski definition) is 2. The number of nitrogens with one attached hydrogen (secondary N) is 1. The summed E-state index contributed by atoms with van der Waals surface area (Å²) >= 11 is 0. The van der Waals surface area contributed by atoms with Gasteiger partial charge in [-0.3, -0.25) is 0 Å². The highest BCUT2D eigenvalue weighted by molar-refractivity contribution is 5.67. The molecule has 2 N–H and O–H groups in total. The molecule has 0 heterocycles. The number of ether oxygens (including phenoxy) is 1. The maximum atomic E-state index is 12.4. The van der Waals surface area contributed by atoms with Gasteiger partial charge in [0.1, 0.15) is 6.61 Å². The summed E-state index contributed by atoms with van der Waals surface area (Å²) in [6, 6.07) is 9.04. The van der Waals surface area contributed by atoms with Crippen LogP contribution in [0.1, 0.15) is 18.4 Å². The van der Waals surface area contributed by atoms with E-state index in [4.69, 9.17) is 4.74 Å². The third-order valence-corrected chi connectivity index (χ3v) is 3.53. The number of carbonyl (C=O) groups excluding carboxylic acids is 1. The highest BCUT2D eigenvalue weighted by atomic mass is 19.4. The van der Waals surface area contributed by atoms with Crippen LogP contribution in [0.15, 0.2) is 30.3 Å². The number of rotatable bonds is 4. The van der Waals surface area contributed by atoms with Gasteiger partial charge in [-0.1, -0.05) is 30.3 Å². The van der Waals surface area contributed by atoms with Gasteiger partial charge in [-0.25, -0.2) is 4.79 Å². The van der Waals surface area contributed by atoms with Crippen molar-refractivity contribution in [3.8, 4) is 0 Å². The lowest BCUT2D eigenvalue weighted by Gasteiger charge is -2.44. The van der Waals surface area contributed by atoms with E-state index in [0.717, 1.165) is 5.56 Å². The van der Waals surface area contributed by atoms with Crippen LogP contribution in [0.4, 0.5) is 18.0 Å². The minimum absolute atomic E-state index is 0.0615. The van der Waals surface area contributed by atoms with E-state index in [1.807, 2.05) is 18.2 Å². The topological polar surface area (TPSA) is 58.6 Å². The second-order valence-corrected chi connectivity index (χ2v) is 5.25. The first-order valence-corrected chi connectivity index (χ1v) is 6.54. The molecule has 1 fully saturated rings. The Balaban J connectivity index is 1.65. The van der Waals surface area contributed by atoms with Crippen molar-refractivity contribution in [3.05, 3.63) is 35.9 Å². The molecule has 0 aliphatic heterocycles. The molecule has 1 aromatic rings.